The van der Waals surface area contributed by atoms with E-state index in [0.29, 0.717) is 10.2 Å². The second-order valence-electron chi connectivity index (χ2n) is 6.24. The van der Waals surface area contributed by atoms with Gasteiger partial charge in [-0.2, -0.15) is 0 Å². The summed E-state index contributed by atoms with van der Waals surface area (Å²) in [5, 5.41) is 3.70. The maximum absolute atomic E-state index is 12.7. The van der Waals surface area contributed by atoms with E-state index in [1.165, 1.54) is 22.2 Å². The van der Waals surface area contributed by atoms with E-state index < -0.39 is 0 Å². The second-order valence-corrected chi connectivity index (χ2v) is 7.24. The molecule has 4 rings (SSSR count). The largest absolute Gasteiger partial charge is 0.325 e. The molecule has 6 nitrogen and oxygen atoms in total. The number of aromatic nitrogens is 3. The van der Waals surface area contributed by atoms with Gasteiger partial charge in [0.25, 0.3) is 5.56 Å². The van der Waals surface area contributed by atoms with Crippen LogP contribution in [0.15, 0.2) is 47.7 Å². The van der Waals surface area contributed by atoms with Crippen molar-refractivity contribution in [3.05, 3.63) is 64.3 Å². The molecule has 130 valence electrons. The molecular weight excluding hydrogens is 348 g/mol. The molecule has 0 saturated carbocycles. The average Bonchev–Trinajstić information content (AvgIpc) is 2.96. The van der Waals surface area contributed by atoms with Gasteiger partial charge in [-0.3, -0.25) is 14.2 Å². The van der Waals surface area contributed by atoms with E-state index in [-0.39, 0.29) is 18.0 Å². The highest BCUT2D eigenvalue weighted by Gasteiger charge is 2.13. The van der Waals surface area contributed by atoms with Gasteiger partial charge >= 0.3 is 0 Å². The van der Waals surface area contributed by atoms with Crippen LogP contribution in [-0.4, -0.2) is 20.4 Å². The van der Waals surface area contributed by atoms with Crippen LogP contribution in [0, 0.1) is 13.8 Å². The number of rotatable bonds is 3. The van der Waals surface area contributed by atoms with E-state index in [2.05, 4.69) is 15.3 Å². The van der Waals surface area contributed by atoms with E-state index in [1.807, 2.05) is 44.2 Å². The smallest absolute Gasteiger partial charge is 0.271 e. The van der Waals surface area contributed by atoms with E-state index in [4.69, 9.17) is 0 Å². The van der Waals surface area contributed by atoms with Gasteiger partial charge in [-0.05, 0) is 49.2 Å². The number of benzene rings is 1. The van der Waals surface area contributed by atoms with Crippen molar-refractivity contribution in [2.45, 2.75) is 20.4 Å². The predicted octanol–water partition coefficient (Wildman–Crippen LogP) is 3.26. The highest BCUT2D eigenvalue weighted by molar-refractivity contribution is 7.25. The first-order valence-electron chi connectivity index (χ1n) is 8.12. The first kappa shape index (κ1) is 16.4. The van der Waals surface area contributed by atoms with Gasteiger partial charge in [-0.25, -0.2) is 9.97 Å². The SMILES string of the molecule is Cc1cc(C)cc(NC(=O)Cn2cnc3c(sc4ncccc43)c2=O)c1. The molecule has 3 aromatic heterocycles. The summed E-state index contributed by atoms with van der Waals surface area (Å²) in [7, 11) is 0. The van der Waals surface area contributed by atoms with Crippen LogP contribution in [-0.2, 0) is 11.3 Å². The molecule has 0 radical (unpaired) electrons. The fourth-order valence-corrected chi connectivity index (χ4v) is 4.06. The molecule has 7 heteroatoms. The number of aryl methyl sites for hydroxylation is 2. The number of nitrogens with zero attached hydrogens (tertiary/aromatic N) is 3. The fraction of sp³-hybridized carbons (Fsp3) is 0.158. The Morgan fingerprint density at radius 1 is 1.19 bits per heavy atom. The van der Waals surface area contributed by atoms with Gasteiger partial charge in [0.05, 0.1) is 11.8 Å². The number of hydrogen-bond donors (Lipinski definition) is 1. The lowest BCUT2D eigenvalue weighted by atomic mass is 10.1. The van der Waals surface area contributed by atoms with Crippen molar-refractivity contribution in [1.29, 1.82) is 0 Å². The minimum atomic E-state index is -0.266. The van der Waals surface area contributed by atoms with Crippen LogP contribution >= 0.6 is 11.3 Å². The number of nitrogens with one attached hydrogen (secondary N) is 1. The summed E-state index contributed by atoms with van der Waals surface area (Å²) in [5.41, 5.74) is 3.26. The molecule has 1 N–H and O–H groups in total. The summed E-state index contributed by atoms with van der Waals surface area (Å²) in [6.45, 7) is 3.86. The van der Waals surface area contributed by atoms with E-state index in [0.717, 1.165) is 27.0 Å². The van der Waals surface area contributed by atoms with Gasteiger partial charge < -0.3 is 5.32 Å². The zero-order chi connectivity index (χ0) is 18.3. The van der Waals surface area contributed by atoms with Crippen molar-refractivity contribution in [3.8, 4) is 0 Å². The molecule has 1 amide bonds. The Bertz CT molecular complexity index is 1190. The zero-order valence-electron chi connectivity index (χ0n) is 14.3. The third kappa shape index (κ3) is 2.97. The van der Waals surface area contributed by atoms with Crippen molar-refractivity contribution in [3.63, 3.8) is 0 Å². The molecule has 3 heterocycles. The Kier molecular flexibility index (Phi) is 4.00. The summed E-state index contributed by atoms with van der Waals surface area (Å²) < 4.78 is 1.84. The van der Waals surface area contributed by atoms with Gasteiger partial charge in [0, 0.05) is 17.3 Å². The number of amides is 1. The monoisotopic (exact) mass is 364 g/mol. The number of hydrogen-bond acceptors (Lipinski definition) is 5. The Labute approximate surface area is 153 Å². The van der Waals surface area contributed by atoms with Crippen molar-refractivity contribution in [2.24, 2.45) is 0 Å². The molecule has 0 unspecified atom stereocenters. The lowest BCUT2D eigenvalue weighted by molar-refractivity contribution is -0.116. The zero-order valence-corrected chi connectivity index (χ0v) is 15.1. The van der Waals surface area contributed by atoms with Crippen molar-refractivity contribution >= 4 is 43.4 Å². The third-order valence-electron chi connectivity index (χ3n) is 4.04. The van der Waals surface area contributed by atoms with Crippen LogP contribution < -0.4 is 10.9 Å². The number of pyridine rings is 1. The number of carbonyl (C=O) groups excluding carboxylic acids is 1. The van der Waals surface area contributed by atoms with Crippen LogP contribution in [0.5, 0.6) is 0 Å². The van der Waals surface area contributed by atoms with Gasteiger partial charge in [-0.1, -0.05) is 6.07 Å². The summed E-state index contributed by atoms with van der Waals surface area (Å²) in [6, 6.07) is 9.54. The molecule has 0 atom stereocenters. The summed E-state index contributed by atoms with van der Waals surface area (Å²) in [6.07, 6.45) is 3.11. The van der Waals surface area contributed by atoms with Crippen LogP contribution in [0.4, 0.5) is 5.69 Å². The van der Waals surface area contributed by atoms with Crippen LogP contribution in [0.1, 0.15) is 11.1 Å². The minimum Gasteiger partial charge on any atom is -0.325 e. The van der Waals surface area contributed by atoms with Gasteiger partial charge in [0.1, 0.15) is 16.1 Å². The molecule has 4 aromatic rings. The summed E-state index contributed by atoms with van der Waals surface area (Å²) in [5.74, 6) is -0.266. The molecule has 0 aliphatic carbocycles. The van der Waals surface area contributed by atoms with Gasteiger partial charge in [0.2, 0.25) is 5.91 Å². The Morgan fingerprint density at radius 3 is 2.73 bits per heavy atom. The average molecular weight is 364 g/mol. The molecule has 0 bridgehead atoms. The Morgan fingerprint density at radius 2 is 1.96 bits per heavy atom. The summed E-state index contributed by atoms with van der Waals surface area (Å²) >= 11 is 1.30. The van der Waals surface area contributed by atoms with Crippen molar-refractivity contribution < 1.29 is 4.79 Å². The molecular formula is C19H16N4O2S. The lowest BCUT2D eigenvalue weighted by Gasteiger charge is -2.09. The third-order valence-corrected chi connectivity index (χ3v) is 5.13. The number of fused-ring (bicyclic) bond motifs is 3. The highest BCUT2D eigenvalue weighted by Crippen LogP contribution is 2.27. The molecule has 26 heavy (non-hydrogen) atoms. The van der Waals surface area contributed by atoms with E-state index in [9.17, 15) is 9.59 Å². The topological polar surface area (TPSA) is 76.9 Å². The van der Waals surface area contributed by atoms with Crippen molar-refractivity contribution in [1.82, 2.24) is 14.5 Å². The molecule has 1 aromatic carbocycles. The van der Waals surface area contributed by atoms with Crippen LogP contribution in [0.2, 0.25) is 0 Å². The standard InChI is InChI=1S/C19H16N4O2S/c1-11-6-12(2)8-13(7-11)22-15(24)9-23-10-21-16-14-4-3-5-20-18(14)26-17(16)19(23)25/h3-8,10H,9H2,1-2H3,(H,22,24). The van der Waals surface area contributed by atoms with Crippen LogP contribution in [0.25, 0.3) is 20.4 Å². The van der Waals surface area contributed by atoms with E-state index in [1.54, 1.807) is 6.20 Å². The Balaban J connectivity index is 1.64. The molecule has 0 fully saturated rings. The molecule has 0 aliphatic rings. The quantitative estimate of drug-likeness (QED) is 0.605. The minimum absolute atomic E-state index is 0.0869. The van der Waals surface area contributed by atoms with Crippen molar-refractivity contribution in [2.75, 3.05) is 5.32 Å². The highest BCUT2D eigenvalue weighted by atomic mass is 32.1. The number of anilines is 1. The number of carbonyl (C=O) groups is 1. The predicted molar refractivity (Wildman–Crippen MR) is 104 cm³/mol. The van der Waals surface area contributed by atoms with E-state index >= 15 is 0 Å². The maximum atomic E-state index is 12.7. The van der Waals surface area contributed by atoms with Crippen LogP contribution in [0.3, 0.4) is 0 Å². The summed E-state index contributed by atoms with van der Waals surface area (Å²) in [4.78, 5) is 34.5. The maximum Gasteiger partial charge on any atom is 0.271 e. The normalized spacial score (nSPS) is 11.2. The Hall–Kier alpha value is -3.06. The molecule has 0 aliphatic heterocycles. The first-order valence-corrected chi connectivity index (χ1v) is 8.94. The van der Waals surface area contributed by atoms with Gasteiger partial charge in [0.15, 0.2) is 0 Å². The lowest BCUT2D eigenvalue weighted by Crippen LogP contribution is -2.27. The number of thiophene rings is 1. The fourth-order valence-electron chi connectivity index (χ4n) is 3.02. The molecule has 0 saturated heterocycles. The van der Waals surface area contributed by atoms with Gasteiger partial charge in [-0.15, -0.1) is 11.3 Å². The second kappa shape index (κ2) is 6.34. The first-order chi connectivity index (χ1) is 12.5. The molecule has 0 spiro atoms.